The van der Waals surface area contributed by atoms with Crippen LogP contribution in [-0.4, -0.2) is 42.2 Å². The molecule has 0 saturated carbocycles. The highest BCUT2D eigenvalue weighted by Crippen LogP contribution is 2.41. The van der Waals surface area contributed by atoms with Gasteiger partial charge in [0.15, 0.2) is 0 Å². The zero-order valence-electron chi connectivity index (χ0n) is 19.8. The SMILES string of the molecule is CC(C)N1CCN(c2ccc(C3=C(c4ccccc4)CCCc4cc(O)ccc43)cc2)CC1. The topological polar surface area (TPSA) is 26.7 Å². The van der Waals surface area contributed by atoms with Crippen LogP contribution in [0.5, 0.6) is 5.75 Å². The minimum absolute atomic E-state index is 0.354. The maximum Gasteiger partial charge on any atom is 0.115 e. The third-order valence-electron chi connectivity index (χ3n) is 7.22. The Kier molecular flexibility index (Phi) is 6.24. The largest absolute Gasteiger partial charge is 0.508 e. The van der Waals surface area contributed by atoms with E-state index in [1.54, 1.807) is 0 Å². The van der Waals surface area contributed by atoms with Crippen LogP contribution in [0.15, 0.2) is 72.8 Å². The summed E-state index contributed by atoms with van der Waals surface area (Å²) in [7, 11) is 0. The summed E-state index contributed by atoms with van der Waals surface area (Å²) in [6.45, 7) is 8.98. The average molecular weight is 439 g/mol. The minimum Gasteiger partial charge on any atom is -0.508 e. The van der Waals surface area contributed by atoms with E-state index in [1.165, 1.54) is 39.1 Å². The zero-order chi connectivity index (χ0) is 22.8. The molecule has 0 amide bonds. The van der Waals surface area contributed by atoms with Gasteiger partial charge in [0.25, 0.3) is 0 Å². The number of rotatable bonds is 4. The molecule has 0 aromatic heterocycles. The molecule has 1 aliphatic carbocycles. The summed E-state index contributed by atoms with van der Waals surface area (Å²) in [6.07, 6.45) is 3.11. The van der Waals surface area contributed by atoms with Crippen molar-refractivity contribution in [1.82, 2.24) is 4.90 Å². The molecule has 0 spiro atoms. The Labute approximate surface area is 198 Å². The molecule has 3 nitrogen and oxygen atoms in total. The number of phenols is 1. The molecule has 1 saturated heterocycles. The maximum absolute atomic E-state index is 10.1. The Morgan fingerprint density at radius 1 is 0.758 bits per heavy atom. The van der Waals surface area contributed by atoms with E-state index in [9.17, 15) is 5.11 Å². The lowest BCUT2D eigenvalue weighted by Crippen LogP contribution is -2.48. The number of hydrogen-bond donors (Lipinski definition) is 1. The van der Waals surface area contributed by atoms with Crippen LogP contribution >= 0.6 is 0 Å². The summed E-state index contributed by atoms with van der Waals surface area (Å²) in [4.78, 5) is 5.06. The van der Waals surface area contributed by atoms with E-state index in [0.29, 0.717) is 11.8 Å². The van der Waals surface area contributed by atoms with Gasteiger partial charge in [-0.3, -0.25) is 4.90 Å². The molecule has 1 aliphatic heterocycles. The molecule has 1 N–H and O–H groups in total. The number of aryl methyl sites for hydroxylation is 1. The molecule has 0 bridgehead atoms. The number of phenolic OH excluding ortho intramolecular Hbond substituents is 1. The van der Waals surface area contributed by atoms with Crippen molar-refractivity contribution < 1.29 is 5.11 Å². The number of anilines is 1. The van der Waals surface area contributed by atoms with Gasteiger partial charge in [-0.05, 0) is 90.8 Å². The first kappa shape index (κ1) is 21.8. The van der Waals surface area contributed by atoms with E-state index in [-0.39, 0.29) is 0 Å². The van der Waals surface area contributed by atoms with Crippen molar-refractivity contribution in [3.63, 3.8) is 0 Å². The van der Waals surface area contributed by atoms with Crippen molar-refractivity contribution in [2.45, 2.75) is 39.2 Å². The normalized spacial score (nSPS) is 17.2. The first-order valence-electron chi connectivity index (χ1n) is 12.3. The molecule has 3 heteroatoms. The Balaban J connectivity index is 1.53. The van der Waals surface area contributed by atoms with Crippen LogP contribution in [-0.2, 0) is 6.42 Å². The number of aromatic hydroxyl groups is 1. The maximum atomic E-state index is 10.1. The Hall–Kier alpha value is -3.04. The zero-order valence-corrected chi connectivity index (χ0v) is 19.8. The van der Waals surface area contributed by atoms with Crippen LogP contribution in [0.25, 0.3) is 11.1 Å². The molecule has 1 fully saturated rings. The predicted molar refractivity (Wildman–Crippen MR) is 139 cm³/mol. The number of hydrogen-bond acceptors (Lipinski definition) is 3. The van der Waals surface area contributed by atoms with E-state index in [0.717, 1.165) is 45.4 Å². The van der Waals surface area contributed by atoms with Gasteiger partial charge >= 0.3 is 0 Å². The van der Waals surface area contributed by atoms with Crippen molar-refractivity contribution in [2.24, 2.45) is 0 Å². The number of benzene rings is 3. The van der Waals surface area contributed by atoms with Crippen molar-refractivity contribution in [1.29, 1.82) is 0 Å². The van der Waals surface area contributed by atoms with Gasteiger partial charge in [-0.1, -0.05) is 48.5 Å². The van der Waals surface area contributed by atoms with Gasteiger partial charge in [0.2, 0.25) is 0 Å². The Morgan fingerprint density at radius 3 is 2.18 bits per heavy atom. The minimum atomic E-state index is 0.354. The summed E-state index contributed by atoms with van der Waals surface area (Å²) in [6, 6.07) is 26.5. The van der Waals surface area contributed by atoms with Crippen LogP contribution in [0.2, 0.25) is 0 Å². The fraction of sp³-hybridized carbons (Fsp3) is 0.333. The number of allylic oxidation sites excluding steroid dienone is 1. The molecule has 0 radical (unpaired) electrons. The van der Waals surface area contributed by atoms with Gasteiger partial charge in [-0.25, -0.2) is 0 Å². The van der Waals surface area contributed by atoms with E-state index in [2.05, 4.69) is 84.3 Å². The number of piperazine rings is 1. The quantitative estimate of drug-likeness (QED) is 0.524. The Morgan fingerprint density at radius 2 is 1.48 bits per heavy atom. The van der Waals surface area contributed by atoms with Gasteiger partial charge < -0.3 is 10.0 Å². The number of fused-ring (bicyclic) bond motifs is 1. The highest BCUT2D eigenvalue weighted by molar-refractivity contribution is 6.00. The van der Waals surface area contributed by atoms with E-state index >= 15 is 0 Å². The molecular formula is C30H34N2O. The molecule has 3 aromatic carbocycles. The van der Waals surface area contributed by atoms with Crippen molar-refractivity contribution >= 4 is 16.8 Å². The van der Waals surface area contributed by atoms with E-state index < -0.39 is 0 Å². The third kappa shape index (κ3) is 4.56. The van der Waals surface area contributed by atoms with Gasteiger partial charge in [-0.15, -0.1) is 0 Å². The van der Waals surface area contributed by atoms with Crippen LogP contribution in [0, 0.1) is 0 Å². The summed E-state index contributed by atoms with van der Waals surface area (Å²) < 4.78 is 0. The second-order valence-corrected chi connectivity index (χ2v) is 9.58. The van der Waals surface area contributed by atoms with E-state index in [4.69, 9.17) is 0 Å². The average Bonchev–Trinajstić information content (AvgIpc) is 3.04. The molecule has 170 valence electrons. The predicted octanol–water partition coefficient (Wildman–Crippen LogP) is 6.22. The first-order chi connectivity index (χ1) is 16.1. The van der Waals surface area contributed by atoms with Crippen molar-refractivity contribution in [2.75, 3.05) is 31.1 Å². The monoisotopic (exact) mass is 438 g/mol. The molecule has 1 heterocycles. The first-order valence-corrected chi connectivity index (χ1v) is 12.3. The summed E-state index contributed by atoms with van der Waals surface area (Å²) in [5.74, 6) is 0.354. The summed E-state index contributed by atoms with van der Waals surface area (Å²) in [5, 5.41) is 10.1. The Bertz CT molecular complexity index is 1120. The fourth-order valence-corrected chi connectivity index (χ4v) is 5.37. The standard InChI is InChI=1S/C30H34N2O/c1-22(2)31-17-19-32(20-18-31)26-13-11-24(12-14-26)30-28(23-7-4-3-5-8-23)10-6-9-25-21-27(33)15-16-29(25)30/h3-5,7-8,11-16,21-22,33H,6,9-10,17-20H2,1-2H3. The van der Waals surface area contributed by atoms with Crippen LogP contribution < -0.4 is 4.90 Å². The van der Waals surface area contributed by atoms with Crippen LogP contribution in [0.3, 0.4) is 0 Å². The van der Waals surface area contributed by atoms with Gasteiger partial charge in [0.1, 0.15) is 5.75 Å². The van der Waals surface area contributed by atoms with Gasteiger partial charge in [0.05, 0.1) is 0 Å². The smallest absolute Gasteiger partial charge is 0.115 e. The molecule has 33 heavy (non-hydrogen) atoms. The van der Waals surface area contributed by atoms with E-state index in [1.807, 2.05) is 12.1 Å². The second-order valence-electron chi connectivity index (χ2n) is 9.58. The molecular weight excluding hydrogens is 404 g/mol. The molecule has 0 unspecified atom stereocenters. The summed E-state index contributed by atoms with van der Waals surface area (Å²) >= 11 is 0. The third-order valence-corrected chi connectivity index (χ3v) is 7.22. The van der Waals surface area contributed by atoms with Crippen LogP contribution in [0.4, 0.5) is 5.69 Å². The molecule has 3 aromatic rings. The van der Waals surface area contributed by atoms with Crippen molar-refractivity contribution in [3.05, 3.63) is 95.1 Å². The van der Waals surface area contributed by atoms with Gasteiger partial charge in [0, 0.05) is 37.9 Å². The highest BCUT2D eigenvalue weighted by atomic mass is 16.3. The van der Waals surface area contributed by atoms with Crippen molar-refractivity contribution in [3.8, 4) is 5.75 Å². The summed E-state index contributed by atoms with van der Waals surface area (Å²) in [5.41, 5.74) is 9.06. The van der Waals surface area contributed by atoms with Gasteiger partial charge in [-0.2, -0.15) is 0 Å². The molecule has 5 rings (SSSR count). The number of nitrogens with zero attached hydrogens (tertiary/aromatic N) is 2. The lowest BCUT2D eigenvalue weighted by molar-refractivity contribution is 0.209. The highest BCUT2D eigenvalue weighted by Gasteiger charge is 2.22. The van der Waals surface area contributed by atoms with Crippen LogP contribution in [0.1, 0.15) is 48.9 Å². The lowest BCUT2D eigenvalue weighted by atomic mass is 9.87. The lowest BCUT2D eigenvalue weighted by Gasteiger charge is -2.38. The molecule has 2 aliphatic rings. The molecule has 0 atom stereocenters. The fourth-order valence-electron chi connectivity index (χ4n) is 5.37. The second kappa shape index (κ2) is 9.44.